The molecule has 2 rings (SSSR count). The molecule has 4 nitrogen and oxygen atoms in total. The fourth-order valence-electron chi connectivity index (χ4n) is 1.18. The molecule has 84 valence electrons. The number of carbonyl (C=O) groups is 1. The highest BCUT2D eigenvalue weighted by atomic mass is 32.2. The molecule has 0 unspecified atom stereocenters. The normalized spacial score (nSPS) is 10.6. The standard InChI is InChI=1S/C10H9NO3S2/c1-6-4-14-10(11-6)16-5-7-2-3-15-8(7)9(12)13/h2-4H,5H2,1H3,(H,12,13). The van der Waals surface area contributed by atoms with Crippen molar-refractivity contribution < 1.29 is 14.3 Å². The van der Waals surface area contributed by atoms with Crippen LogP contribution < -0.4 is 0 Å². The average Bonchev–Trinajstić information content (AvgIpc) is 2.83. The average molecular weight is 255 g/mol. The quantitative estimate of drug-likeness (QED) is 0.851. The second kappa shape index (κ2) is 4.71. The zero-order chi connectivity index (χ0) is 11.5. The highest BCUT2D eigenvalue weighted by molar-refractivity contribution is 7.98. The van der Waals surface area contributed by atoms with Gasteiger partial charge in [-0.25, -0.2) is 9.78 Å². The zero-order valence-electron chi connectivity index (χ0n) is 8.47. The van der Waals surface area contributed by atoms with Gasteiger partial charge in [0.1, 0.15) is 11.1 Å². The van der Waals surface area contributed by atoms with E-state index in [4.69, 9.17) is 9.52 Å². The van der Waals surface area contributed by atoms with E-state index in [1.165, 1.54) is 23.1 Å². The number of rotatable bonds is 4. The second-order valence-corrected chi connectivity index (χ2v) is 4.97. The Morgan fingerprint density at radius 2 is 2.50 bits per heavy atom. The van der Waals surface area contributed by atoms with Gasteiger partial charge in [0.05, 0.1) is 5.69 Å². The lowest BCUT2D eigenvalue weighted by Gasteiger charge is -1.96. The Kier molecular flexibility index (Phi) is 3.31. The Balaban J connectivity index is 2.04. The van der Waals surface area contributed by atoms with Gasteiger partial charge in [-0.3, -0.25) is 0 Å². The number of aromatic nitrogens is 1. The van der Waals surface area contributed by atoms with Crippen LogP contribution in [-0.4, -0.2) is 16.1 Å². The summed E-state index contributed by atoms with van der Waals surface area (Å²) in [5.74, 6) is -0.320. The fourth-order valence-corrected chi connectivity index (χ4v) is 2.87. The summed E-state index contributed by atoms with van der Waals surface area (Å²) in [7, 11) is 0. The molecular formula is C10H9NO3S2. The lowest BCUT2D eigenvalue weighted by molar-refractivity contribution is 0.0701. The van der Waals surface area contributed by atoms with E-state index in [0.29, 0.717) is 15.9 Å². The van der Waals surface area contributed by atoms with Crippen LogP contribution in [0, 0.1) is 6.92 Å². The first-order valence-electron chi connectivity index (χ1n) is 4.51. The van der Waals surface area contributed by atoms with E-state index in [0.717, 1.165) is 11.3 Å². The highest BCUT2D eigenvalue weighted by Gasteiger charge is 2.12. The zero-order valence-corrected chi connectivity index (χ0v) is 10.1. The van der Waals surface area contributed by atoms with Gasteiger partial charge in [0.25, 0.3) is 5.22 Å². The number of thiophene rings is 1. The topological polar surface area (TPSA) is 63.3 Å². The van der Waals surface area contributed by atoms with Crippen molar-refractivity contribution in [1.82, 2.24) is 4.98 Å². The monoisotopic (exact) mass is 255 g/mol. The van der Waals surface area contributed by atoms with Gasteiger partial charge in [0.15, 0.2) is 0 Å². The van der Waals surface area contributed by atoms with E-state index < -0.39 is 5.97 Å². The van der Waals surface area contributed by atoms with Crippen molar-refractivity contribution in [2.75, 3.05) is 0 Å². The highest BCUT2D eigenvalue weighted by Crippen LogP contribution is 2.26. The van der Waals surface area contributed by atoms with Crippen LogP contribution in [0.25, 0.3) is 0 Å². The first kappa shape index (κ1) is 11.2. The van der Waals surface area contributed by atoms with Crippen LogP contribution in [0.3, 0.4) is 0 Å². The summed E-state index contributed by atoms with van der Waals surface area (Å²) in [6, 6.07) is 1.82. The number of carboxylic acids is 1. The van der Waals surface area contributed by atoms with Gasteiger partial charge in [0.2, 0.25) is 0 Å². The maximum Gasteiger partial charge on any atom is 0.346 e. The molecule has 0 saturated carbocycles. The van der Waals surface area contributed by atoms with Crippen LogP contribution >= 0.6 is 23.1 Å². The fraction of sp³-hybridized carbons (Fsp3) is 0.200. The molecule has 6 heteroatoms. The van der Waals surface area contributed by atoms with E-state index in [9.17, 15) is 4.79 Å². The van der Waals surface area contributed by atoms with Gasteiger partial charge in [0, 0.05) is 5.75 Å². The van der Waals surface area contributed by atoms with Crippen molar-refractivity contribution in [2.45, 2.75) is 17.9 Å². The van der Waals surface area contributed by atoms with Crippen LogP contribution in [0.4, 0.5) is 0 Å². The lowest BCUT2D eigenvalue weighted by atomic mass is 10.3. The summed E-state index contributed by atoms with van der Waals surface area (Å²) in [6.45, 7) is 1.85. The third kappa shape index (κ3) is 2.45. The molecule has 1 N–H and O–H groups in total. The Labute approximate surface area is 100 Å². The van der Waals surface area contributed by atoms with Crippen LogP contribution in [0.1, 0.15) is 20.9 Å². The van der Waals surface area contributed by atoms with Crippen LogP contribution in [0.2, 0.25) is 0 Å². The predicted octanol–water partition coefficient (Wildman–Crippen LogP) is 3.04. The van der Waals surface area contributed by atoms with E-state index in [2.05, 4.69) is 4.98 Å². The molecule has 0 aliphatic rings. The lowest BCUT2D eigenvalue weighted by Crippen LogP contribution is -1.96. The largest absolute Gasteiger partial charge is 0.477 e. The summed E-state index contributed by atoms with van der Waals surface area (Å²) in [5, 5.41) is 11.3. The van der Waals surface area contributed by atoms with Crippen LogP contribution in [0.15, 0.2) is 27.3 Å². The first-order chi connectivity index (χ1) is 7.66. The Morgan fingerprint density at radius 1 is 1.69 bits per heavy atom. The molecule has 2 aromatic heterocycles. The van der Waals surface area contributed by atoms with Gasteiger partial charge in [-0.15, -0.1) is 11.3 Å². The van der Waals surface area contributed by atoms with E-state index in [1.54, 1.807) is 11.6 Å². The summed E-state index contributed by atoms with van der Waals surface area (Å²) in [6.07, 6.45) is 1.58. The molecule has 0 amide bonds. The summed E-state index contributed by atoms with van der Waals surface area (Å²) in [5.41, 5.74) is 1.63. The molecule has 0 aromatic carbocycles. The molecule has 0 atom stereocenters. The Hall–Kier alpha value is -1.27. The van der Waals surface area contributed by atoms with Gasteiger partial charge in [-0.1, -0.05) is 11.8 Å². The Morgan fingerprint density at radius 3 is 3.12 bits per heavy atom. The van der Waals surface area contributed by atoms with E-state index in [-0.39, 0.29) is 0 Å². The number of thioether (sulfide) groups is 1. The second-order valence-electron chi connectivity index (χ2n) is 3.12. The number of aryl methyl sites for hydroxylation is 1. The molecule has 0 spiro atoms. The van der Waals surface area contributed by atoms with Crippen molar-refractivity contribution in [1.29, 1.82) is 0 Å². The van der Waals surface area contributed by atoms with Crippen molar-refractivity contribution in [3.05, 3.63) is 33.8 Å². The first-order valence-corrected chi connectivity index (χ1v) is 6.38. The molecule has 0 radical (unpaired) electrons. The third-order valence-corrected chi connectivity index (χ3v) is 3.72. The van der Waals surface area contributed by atoms with Crippen molar-refractivity contribution in [3.8, 4) is 0 Å². The molecule has 0 bridgehead atoms. The minimum absolute atomic E-state index is 0.385. The maximum absolute atomic E-state index is 10.9. The van der Waals surface area contributed by atoms with E-state index in [1.807, 2.05) is 13.0 Å². The number of hydrogen-bond donors (Lipinski definition) is 1. The van der Waals surface area contributed by atoms with Crippen molar-refractivity contribution in [2.24, 2.45) is 0 Å². The third-order valence-electron chi connectivity index (χ3n) is 1.89. The van der Waals surface area contributed by atoms with Crippen molar-refractivity contribution in [3.63, 3.8) is 0 Å². The number of aromatic carboxylic acids is 1. The molecule has 2 aromatic rings. The van der Waals surface area contributed by atoms with Gasteiger partial charge in [-0.2, -0.15) is 0 Å². The van der Waals surface area contributed by atoms with Crippen molar-refractivity contribution >= 4 is 29.1 Å². The molecule has 0 aliphatic heterocycles. The molecular weight excluding hydrogens is 246 g/mol. The minimum Gasteiger partial charge on any atom is -0.477 e. The smallest absolute Gasteiger partial charge is 0.346 e. The summed E-state index contributed by atoms with van der Waals surface area (Å²) >= 11 is 2.63. The Bertz CT molecular complexity index is 504. The summed E-state index contributed by atoms with van der Waals surface area (Å²) < 4.78 is 5.17. The van der Waals surface area contributed by atoms with Gasteiger partial charge < -0.3 is 9.52 Å². The molecule has 0 fully saturated rings. The predicted molar refractivity (Wildman–Crippen MR) is 62.1 cm³/mol. The minimum atomic E-state index is -0.880. The molecule has 0 saturated heterocycles. The summed E-state index contributed by atoms with van der Waals surface area (Å²) in [4.78, 5) is 15.4. The van der Waals surface area contributed by atoms with Gasteiger partial charge >= 0.3 is 5.97 Å². The maximum atomic E-state index is 10.9. The number of oxazole rings is 1. The molecule has 0 aliphatic carbocycles. The SMILES string of the molecule is Cc1coc(SCc2ccsc2C(=O)O)n1. The molecule has 2 heterocycles. The van der Waals surface area contributed by atoms with E-state index >= 15 is 0 Å². The van der Waals surface area contributed by atoms with Crippen LogP contribution in [0.5, 0.6) is 0 Å². The van der Waals surface area contributed by atoms with Crippen LogP contribution in [-0.2, 0) is 5.75 Å². The van der Waals surface area contributed by atoms with Gasteiger partial charge in [-0.05, 0) is 23.9 Å². The number of nitrogens with zero attached hydrogens (tertiary/aromatic N) is 1. The molecule has 16 heavy (non-hydrogen) atoms. The number of carboxylic acid groups (broad SMARTS) is 1. The number of hydrogen-bond acceptors (Lipinski definition) is 5.